The van der Waals surface area contributed by atoms with Crippen molar-refractivity contribution >= 4 is 5.78 Å². The van der Waals surface area contributed by atoms with E-state index in [1.54, 1.807) is 18.5 Å². The van der Waals surface area contributed by atoms with Gasteiger partial charge in [-0.2, -0.15) is 4.57 Å². The summed E-state index contributed by atoms with van der Waals surface area (Å²) in [4.78, 5) is 4.28. The van der Waals surface area contributed by atoms with Crippen molar-refractivity contribution in [2.75, 3.05) is 0 Å². The quantitative estimate of drug-likeness (QED) is 0.581. The summed E-state index contributed by atoms with van der Waals surface area (Å²) in [7, 11) is 3.79. The summed E-state index contributed by atoms with van der Waals surface area (Å²) < 4.78 is 28.1. The first-order chi connectivity index (χ1) is 9.38. The third kappa shape index (κ3) is 1.45. The SMILES string of the molecule is [2H]C([2H])([2H])c1ccc(-c2cn3ccnc3n2C)[n+](C)c1. The topological polar surface area (TPSA) is 26.1 Å². The van der Waals surface area contributed by atoms with Crippen LogP contribution in [-0.2, 0) is 14.1 Å². The Morgan fingerprint density at radius 2 is 2.29 bits per heavy atom. The van der Waals surface area contributed by atoms with Gasteiger partial charge in [-0.15, -0.1) is 0 Å². The molecule has 0 aliphatic carbocycles. The van der Waals surface area contributed by atoms with Crippen LogP contribution in [0, 0.1) is 6.85 Å². The Kier molecular flexibility index (Phi) is 1.47. The monoisotopic (exact) mass is 230 g/mol. The van der Waals surface area contributed by atoms with E-state index < -0.39 is 6.85 Å². The number of hydrogen-bond acceptors (Lipinski definition) is 1. The smallest absolute Gasteiger partial charge is 0.230 e. The molecule has 3 rings (SSSR count). The molecule has 0 aliphatic heterocycles. The minimum Gasteiger partial charge on any atom is -0.308 e. The molecule has 0 radical (unpaired) electrons. The van der Waals surface area contributed by atoms with Gasteiger partial charge in [-0.1, -0.05) is 0 Å². The summed E-state index contributed by atoms with van der Waals surface area (Å²) in [5.41, 5.74) is 2.25. The first-order valence-electron chi connectivity index (χ1n) is 6.87. The predicted molar refractivity (Wildman–Crippen MR) is 65.5 cm³/mol. The predicted octanol–water partition coefficient (Wildman–Crippen LogP) is 1.47. The highest BCUT2D eigenvalue weighted by atomic mass is 15.2. The van der Waals surface area contributed by atoms with Crippen LogP contribution in [0.25, 0.3) is 17.2 Å². The molecule has 0 N–H and O–H groups in total. The van der Waals surface area contributed by atoms with Gasteiger partial charge >= 0.3 is 0 Å². The summed E-state index contributed by atoms with van der Waals surface area (Å²) in [6.07, 6.45) is 7.26. The van der Waals surface area contributed by atoms with Crippen molar-refractivity contribution in [3.8, 4) is 11.4 Å². The van der Waals surface area contributed by atoms with Crippen LogP contribution in [-0.4, -0.2) is 14.0 Å². The van der Waals surface area contributed by atoms with Crippen LogP contribution in [0.15, 0.2) is 36.9 Å². The van der Waals surface area contributed by atoms with Gasteiger partial charge in [-0.25, -0.2) is 4.98 Å². The van der Waals surface area contributed by atoms with Crippen molar-refractivity contribution in [1.82, 2.24) is 14.0 Å². The highest BCUT2D eigenvalue weighted by Gasteiger charge is 2.16. The number of rotatable bonds is 1. The fraction of sp³-hybridized carbons (Fsp3) is 0.231. The van der Waals surface area contributed by atoms with Gasteiger partial charge in [0.2, 0.25) is 11.5 Å². The Bertz CT molecular complexity index is 783. The lowest BCUT2D eigenvalue weighted by Gasteiger charge is -2.01. The van der Waals surface area contributed by atoms with Crippen molar-refractivity contribution in [3.63, 3.8) is 0 Å². The molecule has 17 heavy (non-hydrogen) atoms. The highest BCUT2D eigenvalue weighted by molar-refractivity contribution is 5.56. The molecule has 0 bridgehead atoms. The minimum atomic E-state index is -2.08. The summed E-state index contributed by atoms with van der Waals surface area (Å²) in [5.74, 6) is 0.847. The van der Waals surface area contributed by atoms with Crippen LogP contribution >= 0.6 is 0 Å². The lowest BCUT2D eigenvalue weighted by molar-refractivity contribution is -0.660. The fourth-order valence-corrected chi connectivity index (χ4v) is 2.10. The van der Waals surface area contributed by atoms with Gasteiger partial charge in [0.1, 0.15) is 12.7 Å². The van der Waals surface area contributed by atoms with Gasteiger partial charge < -0.3 is 4.57 Å². The second-order valence-electron chi connectivity index (χ2n) is 4.12. The first-order valence-corrected chi connectivity index (χ1v) is 5.37. The van der Waals surface area contributed by atoms with Gasteiger partial charge in [-0.3, -0.25) is 4.40 Å². The lowest BCUT2D eigenvalue weighted by Crippen LogP contribution is -2.31. The molecule has 0 fully saturated rings. The summed E-state index contributed by atoms with van der Waals surface area (Å²) >= 11 is 0. The van der Waals surface area contributed by atoms with Crippen molar-refractivity contribution in [3.05, 3.63) is 42.5 Å². The molecule has 0 atom stereocenters. The maximum absolute atomic E-state index is 7.45. The van der Waals surface area contributed by atoms with Crippen molar-refractivity contribution in [1.29, 1.82) is 0 Å². The molecule has 0 amide bonds. The Balaban J connectivity index is 2.15. The maximum atomic E-state index is 7.45. The lowest BCUT2D eigenvalue weighted by atomic mass is 10.2. The zero-order valence-electron chi connectivity index (χ0n) is 12.8. The summed E-state index contributed by atoms with van der Waals surface area (Å²) in [6, 6.07) is 3.48. The Morgan fingerprint density at radius 3 is 3.00 bits per heavy atom. The molecule has 3 aromatic rings. The number of aromatic nitrogens is 4. The summed E-state index contributed by atoms with van der Waals surface area (Å²) in [6.45, 7) is -2.08. The molecule has 4 nitrogen and oxygen atoms in total. The van der Waals surface area contributed by atoms with E-state index in [0.717, 1.165) is 17.2 Å². The molecule has 3 heterocycles. The van der Waals surface area contributed by atoms with Crippen LogP contribution in [0.4, 0.5) is 0 Å². The largest absolute Gasteiger partial charge is 0.308 e. The molecule has 86 valence electrons. The number of fused-ring (bicyclic) bond motifs is 1. The second-order valence-corrected chi connectivity index (χ2v) is 4.12. The van der Waals surface area contributed by atoms with Crippen LogP contribution < -0.4 is 4.57 Å². The fourth-order valence-electron chi connectivity index (χ4n) is 2.10. The van der Waals surface area contributed by atoms with Crippen molar-refractivity contribution in [2.24, 2.45) is 14.1 Å². The Hall–Kier alpha value is -2.10. The highest BCUT2D eigenvalue weighted by Crippen LogP contribution is 2.18. The number of pyridine rings is 1. The van der Waals surface area contributed by atoms with E-state index in [9.17, 15) is 0 Å². The van der Waals surface area contributed by atoms with Gasteiger partial charge in [0.25, 0.3) is 0 Å². The molecule has 0 spiro atoms. The number of imidazole rings is 2. The van der Waals surface area contributed by atoms with E-state index in [1.165, 1.54) is 0 Å². The zero-order chi connectivity index (χ0) is 14.5. The molecular formula is C13H15N4+. The number of hydrogen-bond donors (Lipinski definition) is 0. The Labute approximate surface area is 104 Å². The van der Waals surface area contributed by atoms with Crippen LogP contribution in [0.2, 0.25) is 0 Å². The molecule has 0 aromatic carbocycles. The average molecular weight is 230 g/mol. The standard InChI is InChI=1S/C13H15N4/c1-10-4-5-11(15(2)8-10)12-9-17-7-6-14-13(17)16(12)3/h4-9H,1-3H3/q+1/i1D3. The maximum Gasteiger partial charge on any atom is 0.230 e. The van der Waals surface area contributed by atoms with E-state index >= 15 is 0 Å². The van der Waals surface area contributed by atoms with E-state index in [0.29, 0.717) is 5.56 Å². The van der Waals surface area contributed by atoms with Gasteiger partial charge in [0.05, 0.1) is 0 Å². The summed E-state index contributed by atoms with van der Waals surface area (Å²) in [5, 5.41) is 0. The first kappa shape index (κ1) is 7.27. The average Bonchev–Trinajstić information content (AvgIpc) is 2.92. The van der Waals surface area contributed by atoms with Crippen LogP contribution in [0.3, 0.4) is 0 Å². The van der Waals surface area contributed by atoms with E-state index in [2.05, 4.69) is 4.98 Å². The molecule has 0 saturated carbocycles. The number of nitrogens with zero attached hydrogens (tertiary/aromatic N) is 4. The van der Waals surface area contributed by atoms with Crippen LogP contribution in [0.5, 0.6) is 0 Å². The minimum absolute atomic E-state index is 0.336. The van der Waals surface area contributed by atoms with Gasteiger partial charge in [0.15, 0.2) is 6.20 Å². The molecular weight excluding hydrogens is 212 g/mol. The Morgan fingerprint density at radius 1 is 1.41 bits per heavy atom. The zero-order valence-corrected chi connectivity index (χ0v) is 9.75. The molecule has 4 heteroatoms. The molecule has 3 aromatic heterocycles. The van der Waals surface area contributed by atoms with E-state index in [1.807, 2.05) is 46.1 Å². The molecule has 0 unspecified atom stereocenters. The number of aryl methyl sites for hydroxylation is 3. The second kappa shape index (κ2) is 3.45. The third-order valence-electron chi connectivity index (χ3n) is 2.97. The van der Waals surface area contributed by atoms with E-state index in [-0.39, 0.29) is 0 Å². The van der Waals surface area contributed by atoms with Gasteiger partial charge in [-0.05, 0) is 12.9 Å². The van der Waals surface area contributed by atoms with E-state index in [4.69, 9.17) is 4.11 Å². The third-order valence-corrected chi connectivity index (χ3v) is 2.97. The van der Waals surface area contributed by atoms with Crippen LogP contribution in [0.1, 0.15) is 9.68 Å². The molecule has 0 aliphatic rings. The molecule has 0 saturated heterocycles. The van der Waals surface area contributed by atoms with Crippen molar-refractivity contribution < 1.29 is 8.68 Å². The van der Waals surface area contributed by atoms with Crippen molar-refractivity contribution in [2.45, 2.75) is 6.85 Å². The normalized spacial score (nSPS) is 14.6. The van der Waals surface area contributed by atoms with Gasteiger partial charge in [0, 0.05) is 41.4 Å².